The van der Waals surface area contributed by atoms with Crippen LogP contribution in [0.2, 0.25) is 0 Å². The molecule has 1 aliphatic heterocycles. The Morgan fingerprint density at radius 3 is 2.69 bits per heavy atom. The molecular formula is C28H24N2O6. The molecule has 2 heterocycles. The van der Waals surface area contributed by atoms with Gasteiger partial charge in [0.15, 0.2) is 6.10 Å². The normalized spacial score (nSPS) is 14.8. The molecule has 0 saturated heterocycles. The van der Waals surface area contributed by atoms with Crippen molar-refractivity contribution >= 4 is 34.2 Å². The second-order valence-corrected chi connectivity index (χ2v) is 8.54. The first-order valence-electron chi connectivity index (χ1n) is 11.5. The van der Waals surface area contributed by atoms with Crippen LogP contribution in [0.3, 0.4) is 0 Å². The highest BCUT2D eigenvalue weighted by Crippen LogP contribution is 2.36. The average molecular weight is 485 g/mol. The molecule has 0 bridgehead atoms. The Morgan fingerprint density at radius 2 is 1.86 bits per heavy atom. The van der Waals surface area contributed by atoms with Crippen LogP contribution >= 0.6 is 0 Å². The Balaban J connectivity index is 1.36. The molecule has 3 aromatic carbocycles. The molecule has 8 heteroatoms. The molecule has 1 N–H and O–H groups in total. The van der Waals surface area contributed by atoms with Crippen molar-refractivity contribution in [1.29, 1.82) is 0 Å². The van der Waals surface area contributed by atoms with Crippen LogP contribution in [-0.2, 0) is 4.79 Å². The zero-order valence-electron chi connectivity index (χ0n) is 19.8. The molecular weight excluding hydrogens is 460 g/mol. The van der Waals surface area contributed by atoms with Crippen molar-refractivity contribution in [1.82, 2.24) is 0 Å². The maximum atomic E-state index is 12.9. The van der Waals surface area contributed by atoms with E-state index in [4.69, 9.17) is 13.9 Å². The van der Waals surface area contributed by atoms with Crippen LogP contribution in [0.15, 0.2) is 82.0 Å². The molecule has 0 saturated carbocycles. The van der Waals surface area contributed by atoms with Crippen molar-refractivity contribution < 1.29 is 23.5 Å². The monoisotopic (exact) mass is 484 g/mol. The van der Waals surface area contributed by atoms with E-state index in [1.807, 2.05) is 31.2 Å². The summed E-state index contributed by atoms with van der Waals surface area (Å²) >= 11 is 0. The number of hydrogen-bond acceptors (Lipinski definition) is 6. The van der Waals surface area contributed by atoms with Gasteiger partial charge in [-0.2, -0.15) is 0 Å². The summed E-state index contributed by atoms with van der Waals surface area (Å²) in [6.45, 7) is 4.23. The van der Waals surface area contributed by atoms with Crippen LogP contribution < -0.4 is 25.3 Å². The summed E-state index contributed by atoms with van der Waals surface area (Å²) in [6, 6.07) is 21.1. The van der Waals surface area contributed by atoms with E-state index in [1.165, 1.54) is 6.07 Å². The van der Waals surface area contributed by atoms with Gasteiger partial charge in [0, 0.05) is 11.1 Å². The van der Waals surface area contributed by atoms with Gasteiger partial charge in [-0.3, -0.25) is 9.59 Å². The third kappa shape index (κ3) is 4.65. The molecule has 5 rings (SSSR count). The van der Waals surface area contributed by atoms with Gasteiger partial charge in [-0.05, 0) is 61.9 Å². The van der Waals surface area contributed by atoms with Crippen LogP contribution in [0.25, 0.3) is 11.0 Å². The lowest BCUT2D eigenvalue weighted by Gasteiger charge is -2.33. The first kappa shape index (κ1) is 23.2. The number of ether oxygens (including phenoxy) is 2. The van der Waals surface area contributed by atoms with E-state index in [9.17, 15) is 14.4 Å². The highest BCUT2D eigenvalue weighted by molar-refractivity contribution is 6.06. The maximum absolute atomic E-state index is 12.9. The number of aryl methyl sites for hydroxylation is 1. The maximum Gasteiger partial charge on any atom is 0.349 e. The minimum absolute atomic E-state index is 0.115. The molecule has 36 heavy (non-hydrogen) atoms. The number of amides is 2. The highest BCUT2D eigenvalue weighted by atomic mass is 16.5. The van der Waals surface area contributed by atoms with Crippen LogP contribution in [0.4, 0.5) is 11.4 Å². The van der Waals surface area contributed by atoms with Gasteiger partial charge < -0.3 is 24.1 Å². The summed E-state index contributed by atoms with van der Waals surface area (Å²) in [4.78, 5) is 39.8. The summed E-state index contributed by atoms with van der Waals surface area (Å²) in [5.41, 5.74) is 1.55. The van der Waals surface area contributed by atoms with Gasteiger partial charge in [-0.25, -0.2) is 4.79 Å². The van der Waals surface area contributed by atoms with E-state index in [0.29, 0.717) is 34.6 Å². The minimum Gasteiger partial charge on any atom is -0.492 e. The summed E-state index contributed by atoms with van der Waals surface area (Å²) in [7, 11) is 0. The van der Waals surface area contributed by atoms with Gasteiger partial charge in [0.2, 0.25) is 0 Å². The Labute approximate surface area is 207 Å². The second-order valence-electron chi connectivity index (χ2n) is 8.54. The number of rotatable bonds is 6. The second kappa shape index (κ2) is 9.58. The summed E-state index contributed by atoms with van der Waals surface area (Å²) in [5.74, 6) is 0.411. The molecule has 0 aliphatic carbocycles. The standard InChI is InChI=1S/C28H24N2O6/c1-17-6-5-8-21(14-17)34-13-12-30-23-16-20(10-11-25(23)35-18(2)27(30)32)29-26(31)22-15-19-7-3-4-9-24(19)36-28(22)33/h3-11,14-16,18H,12-13H2,1-2H3,(H,29,31). The Bertz CT molecular complexity index is 1530. The molecule has 2 amide bonds. The van der Waals surface area contributed by atoms with Gasteiger partial charge in [-0.15, -0.1) is 0 Å². The van der Waals surface area contributed by atoms with E-state index >= 15 is 0 Å². The third-order valence-corrected chi connectivity index (χ3v) is 5.88. The molecule has 1 atom stereocenters. The average Bonchev–Trinajstić information content (AvgIpc) is 2.86. The first-order valence-corrected chi connectivity index (χ1v) is 11.5. The zero-order chi connectivity index (χ0) is 25.2. The van der Waals surface area contributed by atoms with Crippen LogP contribution in [0.5, 0.6) is 11.5 Å². The number of fused-ring (bicyclic) bond motifs is 2. The van der Waals surface area contributed by atoms with Crippen molar-refractivity contribution in [2.45, 2.75) is 20.0 Å². The van der Waals surface area contributed by atoms with Gasteiger partial charge in [0.05, 0.1) is 12.2 Å². The zero-order valence-corrected chi connectivity index (χ0v) is 19.8. The number of anilines is 2. The highest BCUT2D eigenvalue weighted by Gasteiger charge is 2.31. The number of benzene rings is 3. The lowest BCUT2D eigenvalue weighted by molar-refractivity contribution is -0.125. The summed E-state index contributed by atoms with van der Waals surface area (Å²) in [6.07, 6.45) is -0.654. The molecule has 0 fully saturated rings. The largest absolute Gasteiger partial charge is 0.492 e. The molecule has 1 unspecified atom stereocenters. The number of nitrogens with one attached hydrogen (secondary N) is 1. The summed E-state index contributed by atoms with van der Waals surface area (Å²) in [5, 5.41) is 3.36. The fourth-order valence-electron chi connectivity index (χ4n) is 4.09. The van der Waals surface area contributed by atoms with Crippen molar-refractivity contribution in [3.63, 3.8) is 0 Å². The van der Waals surface area contributed by atoms with Gasteiger partial charge in [-0.1, -0.05) is 30.3 Å². The van der Waals surface area contributed by atoms with Crippen LogP contribution in [0, 0.1) is 6.92 Å². The quantitative estimate of drug-likeness (QED) is 0.404. The first-order chi connectivity index (χ1) is 17.4. The molecule has 4 aromatic rings. The Morgan fingerprint density at radius 1 is 1.03 bits per heavy atom. The molecule has 8 nitrogen and oxygen atoms in total. The van der Waals surface area contributed by atoms with E-state index in [-0.39, 0.29) is 18.1 Å². The van der Waals surface area contributed by atoms with E-state index in [0.717, 1.165) is 11.3 Å². The van der Waals surface area contributed by atoms with Crippen molar-refractivity contribution in [3.05, 3.63) is 94.3 Å². The lowest BCUT2D eigenvalue weighted by Crippen LogP contribution is -2.46. The van der Waals surface area contributed by atoms with Gasteiger partial charge in [0.1, 0.15) is 29.3 Å². The van der Waals surface area contributed by atoms with Crippen molar-refractivity contribution in [3.8, 4) is 11.5 Å². The number of hydrogen-bond donors (Lipinski definition) is 1. The molecule has 0 radical (unpaired) electrons. The third-order valence-electron chi connectivity index (χ3n) is 5.88. The van der Waals surface area contributed by atoms with Crippen LogP contribution in [-0.4, -0.2) is 31.1 Å². The molecule has 1 aromatic heterocycles. The topological polar surface area (TPSA) is 98.1 Å². The number of nitrogens with zero attached hydrogens (tertiary/aromatic N) is 1. The number of carbonyl (C=O) groups is 2. The number of carbonyl (C=O) groups excluding carboxylic acids is 2. The molecule has 1 aliphatic rings. The van der Waals surface area contributed by atoms with E-state index in [2.05, 4.69) is 5.32 Å². The smallest absolute Gasteiger partial charge is 0.349 e. The summed E-state index contributed by atoms with van der Waals surface area (Å²) < 4.78 is 16.9. The predicted octanol–water partition coefficient (Wildman–Crippen LogP) is 4.55. The fourth-order valence-corrected chi connectivity index (χ4v) is 4.09. The van der Waals surface area contributed by atoms with Crippen molar-refractivity contribution in [2.24, 2.45) is 0 Å². The Hall–Kier alpha value is -4.59. The molecule has 0 spiro atoms. The van der Waals surface area contributed by atoms with Gasteiger partial charge >= 0.3 is 5.63 Å². The van der Waals surface area contributed by atoms with E-state index < -0.39 is 17.6 Å². The van der Waals surface area contributed by atoms with Crippen molar-refractivity contribution in [2.75, 3.05) is 23.4 Å². The predicted molar refractivity (Wildman–Crippen MR) is 136 cm³/mol. The fraction of sp³-hybridized carbons (Fsp3) is 0.179. The number of para-hydroxylation sites is 1. The SMILES string of the molecule is Cc1cccc(OCCN2C(=O)C(C)Oc3ccc(NC(=O)c4cc5ccccc5oc4=O)cc32)c1. The molecule has 182 valence electrons. The van der Waals surface area contributed by atoms with E-state index in [1.54, 1.807) is 54.3 Å². The minimum atomic E-state index is -0.730. The Kier molecular flexibility index (Phi) is 6.16. The van der Waals surface area contributed by atoms with Crippen LogP contribution in [0.1, 0.15) is 22.8 Å². The van der Waals surface area contributed by atoms with Gasteiger partial charge in [0.25, 0.3) is 11.8 Å². The lowest BCUT2D eigenvalue weighted by atomic mass is 10.1.